The minimum absolute atomic E-state index is 0.749. The maximum absolute atomic E-state index is 5.61. The molecule has 0 N–H and O–H groups in total. The molecule has 0 aromatic rings. The lowest BCUT2D eigenvalue weighted by atomic mass is 10.2. The average Bonchev–Trinajstić information content (AvgIpc) is 2.60. The molecule has 24 heavy (non-hydrogen) atoms. The fourth-order valence-electron chi connectivity index (χ4n) is 2.38. The molecule has 0 saturated carbocycles. The van der Waals surface area contributed by atoms with Crippen LogP contribution in [0.4, 0.5) is 0 Å². The van der Waals surface area contributed by atoms with E-state index in [2.05, 4.69) is 13.8 Å². The lowest BCUT2D eigenvalue weighted by Crippen LogP contribution is -2.08. The highest BCUT2D eigenvalue weighted by Crippen LogP contribution is 2.09. The molecule has 0 bridgehead atoms. The molecule has 0 atom stereocenters. The van der Waals surface area contributed by atoms with Gasteiger partial charge in [0.15, 0.2) is 0 Å². The average molecular weight is 379 g/mol. The Morgan fingerprint density at radius 1 is 0.458 bits per heavy atom. The maximum Gasteiger partial charge on any atom is 0.0700 e. The highest BCUT2D eigenvalue weighted by molar-refractivity contribution is 7.99. The fraction of sp³-hybridized carbons (Fsp3) is 1.00. The highest BCUT2D eigenvalue weighted by Gasteiger charge is 1.94. The predicted octanol–water partition coefficient (Wildman–Crippen LogP) is 6.43. The van der Waals surface area contributed by atoms with Crippen molar-refractivity contribution in [2.24, 2.45) is 0 Å². The molecule has 0 heterocycles. The molecule has 4 heteroatoms. The van der Waals surface area contributed by atoms with Crippen LogP contribution in [0.5, 0.6) is 0 Å². The van der Waals surface area contributed by atoms with E-state index in [9.17, 15) is 0 Å². The molecule has 0 aromatic carbocycles. The van der Waals surface area contributed by atoms with Crippen LogP contribution >= 0.6 is 23.5 Å². The van der Waals surface area contributed by atoms with Crippen molar-refractivity contribution >= 4 is 23.5 Å². The van der Waals surface area contributed by atoms with E-state index in [-0.39, 0.29) is 0 Å². The number of thioether (sulfide) groups is 2. The Kier molecular flexibility index (Phi) is 24.2. The Bertz CT molecular complexity index is 194. The van der Waals surface area contributed by atoms with Crippen LogP contribution < -0.4 is 0 Å². The van der Waals surface area contributed by atoms with Crippen molar-refractivity contribution in [3.8, 4) is 0 Å². The van der Waals surface area contributed by atoms with Crippen molar-refractivity contribution in [2.75, 3.05) is 49.4 Å². The Hall–Kier alpha value is 0.620. The third-order valence-electron chi connectivity index (χ3n) is 3.90. The molecule has 0 aliphatic carbocycles. The molecule has 0 saturated heterocycles. The second-order valence-corrected chi connectivity index (χ2v) is 8.73. The van der Waals surface area contributed by atoms with Gasteiger partial charge in [-0.1, -0.05) is 65.2 Å². The largest absolute Gasteiger partial charge is 0.378 e. The summed E-state index contributed by atoms with van der Waals surface area (Å²) in [6.45, 7) is 7.77. The quantitative estimate of drug-likeness (QED) is 0.214. The summed E-state index contributed by atoms with van der Waals surface area (Å²) < 4.78 is 11.2. The molecule has 146 valence electrons. The standard InChI is InChI=1S/C20H42O2S2/c1-3-5-7-9-11-17-23-19-15-21-13-14-22-16-20-24-18-12-10-8-6-4-2/h3-20H2,1-2H3. The Morgan fingerprint density at radius 3 is 1.29 bits per heavy atom. The number of unbranched alkanes of at least 4 members (excludes halogenated alkanes) is 8. The zero-order chi connectivity index (χ0) is 17.6. The first kappa shape index (κ1) is 24.6. The lowest BCUT2D eigenvalue weighted by molar-refractivity contribution is 0.0605. The van der Waals surface area contributed by atoms with Gasteiger partial charge in [0.25, 0.3) is 0 Å². The molecule has 0 rings (SSSR count). The summed E-state index contributed by atoms with van der Waals surface area (Å²) in [5, 5.41) is 0. The molecule has 0 aromatic heterocycles. The van der Waals surface area contributed by atoms with Gasteiger partial charge in [-0.15, -0.1) is 0 Å². The van der Waals surface area contributed by atoms with Crippen LogP contribution in [0.15, 0.2) is 0 Å². The van der Waals surface area contributed by atoms with Crippen LogP contribution in [0.1, 0.15) is 78.1 Å². The number of hydrogen-bond donors (Lipinski definition) is 0. The van der Waals surface area contributed by atoms with Gasteiger partial charge >= 0.3 is 0 Å². The SMILES string of the molecule is CCCCCCCSCCOCCOCCSCCCCCCC. The molecular formula is C20H42O2S2. The van der Waals surface area contributed by atoms with Gasteiger partial charge in [0.2, 0.25) is 0 Å². The second-order valence-electron chi connectivity index (χ2n) is 6.28. The summed E-state index contributed by atoms with van der Waals surface area (Å²) in [7, 11) is 0. The van der Waals surface area contributed by atoms with Crippen molar-refractivity contribution in [3.63, 3.8) is 0 Å². The van der Waals surface area contributed by atoms with Crippen molar-refractivity contribution in [1.29, 1.82) is 0 Å². The first-order valence-corrected chi connectivity index (χ1v) is 12.5. The highest BCUT2D eigenvalue weighted by atomic mass is 32.2. The Balaban J connectivity index is 2.93. The van der Waals surface area contributed by atoms with E-state index in [0.717, 1.165) is 37.9 Å². The normalized spacial score (nSPS) is 11.2. The van der Waals surface area contributed by atoms with E-state index < -0.39 is 0 Å². The molecule has 0 unspecified atom stereocenters. The third-order valence-corrected chi connectivity index (χ3v) is 5.97. The number of ether oxygens (including phenoxy) is 2. The van der Waals surface area contributed by atoms with E-state index in [1.165, 1.54) is 75.7 Å². The van der Waals surface area contributed by atoms with Gasteiger partial charge in [0, 0.05) is 11.5 Å². The van der Waals surface area contributed by atoms with Crippen LogP contribution in [-0.4, -0.2) is 49.4 Å². The molecule has 0 aliphatic heterocycles. The van der Waals surface area contributed by atoms with Crippen LogP contribution in [0.3, 0.4) is 0 Å². The van der Waals surface area contributed by atoms with Crippen LogP contribution in [-0.2, 0) is 9.47 Å². The van der Waals surface area contributed by atoms with Gasteiger partial charge in [-0.2, -0.15) is 23.5 Å². The first-order chi connectivity index (χ1) is 11.9. The zero-order valence-electron chi connectivity index (χ0n) is 16.4. The molecule has 0 radical (unpaired) electrons. The van der Waals surface area contributed by atoms with E-state index in [4.69, 9.17) is 9.47 Å². The van der Waals surface area contributed by atoms with Crippen LogP contribution in [0.25, 0.3) is 0 Å². The summed E-state index contributed by atoms with van der Waals surface area (Å²) in [6, 6.07) is 0. The number of rotatable bonds is 21. The van der Waals surface area contributed by atoms with Gasteiger partial charge in [0.1, 0.15) is 0 Å². The third kappa shape index (κ3) is 22.6. The van der Waals surface area contributed by atoms with Crippen LogP contribution in [0, 0.1) is 0 Å². The number of hydrogen-bond acceptors (Lipinski definition) is 4. The van der Waals surface area contributed by atoms with E-state index in [0.29, 0.717) is 0 Å². The zero-order valence-corrected chi connectivity index (χ0v) is 18.0. The van der Waals surface area contributed by atoms with E-state index in [1.807, 2.05) is 23.5 Å². The summed E-state index contributed by atoms with van der Waals surface area (Å²) in [5.74, 6) is 4.84. The van der Waals surface area contributed by atoms with Gasteiger partial charge in [-0.25, -0.2) is 0 Å². The Morgan fingerprint density at radius 2 is 0.875 bits per heavy atom. The van der Waals surface area contributed by atoms with Gasteiger partial charge in [-0.3, -0.25) is 0 Å². The predicted molar refractivity (Wildman–Crippen MR) is 114 cm³/mol. The molecule has 0 fully saturated rings. The van der Waals surface area contributed by atoms with Crippen molar-refractivity contribution < 1.29 is 9.47 Å². The molecule has 0 spiro atoms. The molecule has 0 aliphatic rings. The van der Waals surface area contributed by atoms with Gasteiger partial charge in [0.05, 0.1) is 26.4 Å². The summed E-state index contributed by atoms with van der Waals surface area (Å²) in [5.41, 5.74) is 0. The molecule has 2 nitrogen and oxygen atoms in total. The van der Waals surface area contributed by atoms with Crippen LogP contribution in [0.2, 0.25) is 0 Å². The lowest BCUT2D eigenvalue weighted by Gasteiger charge is -2.06. The summed E-state index contributed by atoms with van der Waals surface area (Å²) in [4.78, 5) is 0. The van der Waals surface area contributed by atoms with E-state index >= 15 is 0 Å². The first-order valence-electron chi connectivity index (χ1n) is 10.2. The summed E-state index contributed by atoms with van der Waals surface area (Å²) in [6.07, 6.45) is 13.8. The van der Waals surface area contributed by atoms with Crippen molar-refractivity contribution in [1.82, 2.24) is 0 Å². The van der Waals surface area contributed by atoms with Crippen molar-refractivity contribution in [2.45, 2.75) is 78.1 Å². The topological polar surface area (TPSA) is 18.5 Å². The van der Waals surface area contributed by atoms with Crippen molar-refractivity contribution in [3.05, 3.63) is 0 Å². The monoisotopic (exact) mass is 378 g/mol. The minimum Gasteiger partial charge on any atom is -0.378 e. The molecule has 0 amide bonds. The fourth-order valence-corrected chi connectivity index (χ4v) is 4.07. The maximum atomic E-state index is 5.61. The Labute approximate surface area is 160 Å². The second kappa shape index (κ2) is 23.6. The summed E-state index contributed by atoms with van der Waals surface area (Å²) >= 11 is 4.05. The van der Waals surface area contributed by atoms with Gasteiger partial charge < -0.3 is 9.47 Å². The van der Waals surface area contributed by atoms with E-state index in [1.54, 1.807) is 0 Å². The smallest absolute Gasteiger partial charge is 0.0700 e. The molecular weight excluding hydrogens is 336 g/mol. The minimum atomic E-state index is 0.749. The van der Waals surface area contributed by atoms with Gasteiger partial charge in [-0.05, 0) is 24.3 Å².